The third-order valence-corrected chi connectivity index (χ3v) is 5.57. The molecular weight excluding hydrogens is 371 g/mol. The van der Waals surface area contributed by atoms with Crippen LogP contribution in [0.25, 0.3) is 0 Å². The van der Waals surface area contributed by atoms with Crippen LogP contribution in [0.3, 0.4) is 0 Å². The molecule has 0 saturated heterocycles. The van der Waals surface area contributed by atoms with Gasteiger partial charge in [-0.3, -0.25) is 9.59 Å². The van der Waals surface area contributed by atoms with E-state index in [0.717, 1.165) is 12.0 Å². The highest BCUT2D eigenvalue weighted by Gasteiger charge is 2.58. The number of rotatable bonds is 3. The Morgan fingerprint density at radius 2 is 1.65 bits per heavy atom. The fourth-order valence-electron chi connectivity index (χ4n) is 3.51. The van der Waals surface area contributed by atoms with Gasteiger partial charge in [0.1, 0.15) is 5.41 Å². The summed E-state index contributed by atoms with van der Waals surface area (Å²) in [5, 5.41) is 3.69. The molecule has 4 nitrogen and oxygen atoms in total. The molecule has 1 saturated carbocycles. The predicted molar refractivity (Wildman–Crippen MR) is 102 cm³/mol. The summed E-state index contributed by atoms with van der Waals surface area (Å²) in [6, 6.07) is 13.0. The van der Waals surface area contributed by atoms with E-state index in [2.05, 4.69) is 11.4 Å². The first-order chi connectivity index (χ1) is 12.5. The van der Waals surface area contributed by atoms with Crippen LogP contribution in [0.1, 0.15) is 24.0 Å². The Kier molecular flexibility index (Phi) is 4.41. The van der Waals surface area contributed by atoms with Crippen LogP contribution in [0.2, 0.25) is 10.0 Å². The average Bonchev–Trinajstić information content (AvgIpc) is 3.42. The number of carbonyl (C=O) groups is 2. The molecule has 0 atom stereocenters. The first-order valence-corrected chi connectivity index (χ1v) is 9.37. The largest absolute Gasteiger partial charge is 0.337 e. The molecule has 2 aliphatic rings. The second-order valence-electron chi connectivity index (χ2n) is 6.94. The van der Waals surface area contributed by atoms with Crippen molar-refractivity contribution in [2.45, 2.75) is 25.8 Å². The van der Waals surface area contributed by atoms with Crippen molar-refractivity contribution >= 4 is 40.7 Å². The van der Waals surface area contributed by atoms with Crippen molar-refractivity contribution in [2.24, 2.45) is 5.41 Å². The summed E-state index contributed by atoms with van der Waals surface area (Å²) in [5.74, 6) is -0.364. The van der Waals surface area contributed by atoms with Crippen molar-refractivity contribution in [2.75, 3.05) is 11.9 Å². The molecule has 2 aromatic carbocycles. The van der Waals surface area contributed by atoms with E-state index in [0.29, 0.717) is 41.7 Å². The van der Waals surface area contributed by atoms with Gasteiger partial charge >= 0.3 is 0 Å². The monoisotopic (exact) mass is 388 g/mol. The lowest BCUT2D eigenvalue weighted by atomic mass is 9.97. The van der Waals surface area contributed by atoms with Gasteiger partial charge in [-0.25, -0.2) is 0 Å². The summed E-state index contributed by atoms with van der Waals surface area (Å²) in [4.78, 5) is 27.7. The second kappa shape index (κ2) is 6.60. The minimum absolute atomic E-state index is 0.0855. The van der Waals surface area contributed by atoms with Crippen LogP contribution >= 0.6 is 23.2 Å². The van der Waals surface area contributed by atoms with Crippen LogP contribution in [-0.4, -0.2) is 23.3 Å². The zero-order valence-corrected chi connectivity index (χ0v) is 15.6. The summed E-state index contributed by atoms with van der Waals surface area (Å²) in [6.07, 6.45) is 1.97. The Bertz CT molecular complexity index is 873. The van der Waals surface area contributed by atoms with Gasteiger partial charge in [0.05, 0.1) is 0 Å². The molecule has 26 heavy (non-hydrogen) atoms. The lowest BCUT2D eigenvalue weighted by Gasteiger charge is -2.31. The van der Waals surface area contributed by atoms with E-state index in [1.54, 1.807) is 23.1 Å². The van der Waals surface area contributed by atoms with Gasteiger partial charge in [0.25, 0.3) is 0 Å². The molecule has 0 aromatic heterocycles. The van der Waals surface area contributed by atoms with E-state index in [4.69, 9.17) is 23.2 Å². The highest BCUT2D eigenvalue weighted by molar-refractivity contribution is 6.35. The SMILES string of the molecule is O=C(Nc1cc(Cl)cc(Cl)c1)C1(C(=O)N2CCc3ccccc3C2)CC1. The molecule has 0 spiro atoms. The number of amides is 2. The predicted octanol–water partition coefficient (Wildman–Crippen LogP) is 4.30. The van der Waals surface area contributed by atoms with Gasteiger partial charge in [-0.05, 0) is 48.6 Å². The van der Waals surface area contributed by atoms with Crippen LogP contribution in [0.15, 0.2) is 42.5 Å². The second-order valence-corrected chi connectivity index (χ2v) is 7.81. The third-order valence-electron chi connectivity index (χ3n) is 5.13. The Morgan fingerprint density at radius 1 is 1.00 bits per heavy atom. The van der Waals surface area contributed by atoms with Crippen molar-refractivity contribution < 1.29 is 9.59 Å². The van der Waals surface area contributed by atoms with E-state index >= 15 is 0 Å². The van der Waals surface area contributed by atoms with Crippen LogP contribution < -0.4 is 5.32 Å². The number of carbonyl (C=O) groups excluding carboxylic acids is 2. The molecule has 1 aliphatic carbocycles. The molecule has 2 aromatic rings. The molecule has 1 aliphatic heterocycles. The summed E-state index contributed by atoms with van der Waals surface area (Å²) in [7, 11) is 0. The fraction of sp³-hybridized carbons (Fsp3) is 0.300. The van der Waals surface area contributed by atoms with E-state index < -0.39 is 5.41 Å². The lowest BCUT2D eigenvalue weighted by Crippen LogP contribution is -2.45. The minimum atomic E-state index is -0.957. The van der Waals surface area contributed by atoms with Crippen molar-refractivity contribution in [1.29, 1.82) is 0 Å². The Labute approximate surface area is 162 Å². The van der Waals surface area contributed by atoms with Crippen LogP contribution in [-0.2, 0) is 22.6 Å². The summed E-state index contributed by atoms with van der Waals surface area (Å²) >= 11 is 12.0. The van der Waals surface area contributed by atoms with Gasteiger partial charge in [-0.1, -0.05) is 47.5 Å². The van der Waals surface area contributed by atoms with Crippen LogP contribution in [0.4, 0.5) is 5.69 Å². The first kappa shape index (κ1) is 17.4. The molecule has 4 rings (SSSR count). The molecule has 6 heteroatoms. The molecule has 1 fully saturated rings. The van der Waals surface area contributed by atoms with Crippen molar-refractivity contribution in [3.8, 4) is 0 Å². The maximum Gasteiger partial charge on any atom is 0.240 e. The maximum atomic E-state index is 13.1. The summed E-state index contributed by atoms with van der Waals surface area (Å²) in [6.45, 7) is 1.21. The molecule has 1 N–H and O–H groups in total. The van der Waals surface area contributed by atoms with Gasteiger partial charge < -0.3 is 10.2 Å². The highest BCUT2D eigenvalue weighted by Crippen LogP contribution is 2.48. The van der Waals surface area contributed by atoms with E-state index in [1.807, 2.05) is 18.2 Å². The highest BCUT2D eigenvalue weighted by atomic mass is 35.5. The molecule has 1 heterocycles. The van der Waals surface area contributed by atoms with Crippen LogP contribution in [0.5, 0.6) is 0 Å². The van der Waals surface area contributed by atoms with Crippen LogP contribution in [0, 0.1) is 5.41 Å². The van der Waals surface area contributed by atoms with Crippen molar-refractivity contribution in [3.05, 3.63) is 63.6 Å². The van der Waals surface area contributed by atoms with E-state index in [-0.39, 0.29) is 11.8 Å². The number of nitrogens with one attached hydrogen (secondary N) is 1. The van der Waals surface area contributed by atoms with Crippen molar-refractivity contribution in [1.82, 2.24) is 4.90 Å². The van der Waals surface area contributed by atoms with Gasteiger partial charge in [0.2, 0.25) is 11.8 Å². The number of anilines is 1. The zero-order chi connectivity index (χ0) is 18.3. The Morgan fingerprint density at radius 3 is 2.31 bits per heavy atom. The smallest absolute Gasteiger partial charge is 0.240 e. The molecule has 0 unspecified atom stereocenters. The summed E-state index contributed by atoms with van der Waals surface area (Å²) < 4.78 is 0. The molecule has 134 valence electrons. The van der Waals surface area contributed by atoms with Gasteiger partial charge in [-0.2, -0.15) is 0 Å². The number of hydrogen-bond donors (Lipinski definition) is 1. The Hall–Kier alpha value is -2.04. The molecule has 0 radical (unpaired) electrons. The number of hydrogen-bond acceptors (Lipinski definition) is 2. The zero-order valence-electron chi connectivity index (χ0n) is 14.1. The Balaban J connectivity index is 1.50. The average molecular weight is 389 g/mol. The third kappa shape index (κ3) is 3.19. The van der Waals surface area contributed by atoms with Crippen molar-refractivity contribution in [3.63, 3.8) is 0 Å². The quantitative estimate of drug-likeness (QED) is 0.796. The van der Waals surface area contributed by atoms with Gasteiger partial charge in [-0.15, -0.1) is 0 Å². The standard InChI is InChI=1S/C20H18Cl2N2O2/c21-15-9-16(22)11-17(10-15)23-18(25)20(6-7-20)19(26)24-8-5-13-3-1-2-4-14(13)12-24/h1-4,9-11H,5-8,12H2,(H,23,25). The van der Waals surface area contributed by atoms with E-state index in [9.17, 15) is 9.59 Å². The number of nitrogens with zero attached hydrogens (tertiary/aromatic N) is 1. The maximum absolute atomic E-state index is 13.1. The molecule has 0 bridgehead atoms. The molecular formula is C20H18Cl2N2O2. The molecule has 2 amide bonds. The van der Waals surface area contributed by atoms with Gasteiger partial charge in [0, 0.05) is 28.8 Å². The topological polar surface area (TPSA) is 49.4 Å². The number of fused-ring (bicyclic) bond motifs is 1. The number of benzene rings is 2. The normalized spacial score (nSPS) is 17.4. The fourth-order valence-corrected chi connectivity index (χ4v) is 4.04. The minimum Gasteiger partial charge on any atom is -0.337 e. The van der Waals surface area contributed by atoms with Gasteiger partial charge in [0.15, 0.2) is 0 Å². The van der Waals surface area contributed by atoms with E-state index in [1.165, 1.54) is 5.56 Å². The first-order valence-electron chi connectivity index (χ1n) is 8.62. The lowest BCUT2D eigenvalue weighted by molar-refractivity contribution is -0.143. The summed E-state index contributed by atoms with van der Waals surface area (Å²) in [5.41, 5.74) is 1.99. The number of halogens is 2.